The number of nitrogens with zero attached hydrogens (tertiary/aromatic N) is 1. The van der Waals surface area contributed by atoms with Crippen molar-refractivity contribution in [2.75, 3.05) is 6.54 Å². The lowest BCUT2D eigenvalue weighted by molar-refractivity contribution is 0.0925. The van der Waals surface area contributed by atoms with Gasteiger partial charge >= 0.3 is 0 Å². The van der Waals surface area contributed by atoms with Gasteiger partial charge < -0.3 is 10.6 Å². The zero-order valence-electron chi connectivity index (χ0n) is 8.82. The van der Waals surface area contributed by atoms with Crippen LogP contribution in [0.3, 0.4) is 0 Å². The van der Waals surface area contributed by atoms with Crippen LogP contribution in [-0.4, -0.2) is 28.4 Å². The second kappa shape index (κ2) is 5.41. The predicted octanol–water partition coefficient (Wildman–Crippen LogP) is 1.28. The van der Waals surface area contributed by atoms with Crippen LogP contribution in [-0.2, 0) is 0 Å². The van der Waals surface area contributed by atoms with E-state index in [0.29, 0.717) is 10.6 Å². The van der Waals surface area contributed by atoms with Crippen molar-refractivity contribution in [3.8, 4) is 0 Å². The number of carbonyl (C=O) groups excluding carboxylic acids is 1. The summed E-state index contributed by atoms with van der Waals surface area (Å²) in [6.07, 6.45) is 3.64. The van der Waals surface area contributed by atoms with E-state index in [-0.39, 0.29) is 11.9 Å². The smallest absolute Gasteiger partial charge is 0.270 e. The van der Waals surface area contributed by atoms with Gasteiger partial charge in [-0.15, -0.1) is 0 Å². The van der Waals surface area contributed by atoms with Crippen molar-refractivity contribution in [1.82, 2.24) is 15.6 Å². The van der Waals surface area contributed by atoms with E-state index in [2.05, 4.69) is 31.5 Å². The van der Waals surface area contributed by atoms with Crippen LogP contribution in [0.5, 0.6) is 0 Å². The summed E-state index contributed by atoms with van der Waals surface area (Å²) in [7, 11) is 0. The van der Waals surface area contributed by atoms with E-state index in [1.54, 1.807) is 18.3 Å². The first-order valence-corrected chi connectivity index (χ1v) is 6.26. The molecule has 1 aromatic heterocycles. The Balaban J connectivity index is 1.88. The summed E-state index contributed by atoms with van der Waals surface area (Å²) in [6.45, 7) is 0.800. The summed E-state index contributed by atoms with van der Waals surface area (Å²) in [6, 6.07) is 5.53. The van der Waals surface area contributed by atoms with E-state index in [4.69, 9.17) is 0 Å². The molecular weight excluding hydrogens is 270 g/mol. The van der Waals surface area contributed by atoms with Crippen LogP contribution in [0.1, 0.15) is 23.3 Å². The lowest BCUT2D eigenvalue weighted by atomic mass is 10.1. The molecule has 1 unspecified atom stereocenters. The molecule has 0 bridgehead atoms. The summed E-state index contributed by atoms with van der Waals surface area (Å²) in [5.41, 5.74) is 0.475. The maximum Gasteiger partial charge on any atom is 0.270 e. The van der Waals surface area contributed by atoms with E-state index in [9.17, 15) is 4.79 Å². The van der Waals surface area contributed by atoms with Gasteiger partial charge in [-0.25, -0.2) is 0 Å². The van der Waals surface area contributed by atoms with E-state index in [0.717, 1.165) is 19.4 Å². The molecule has 1 aliphatic heterocycles. The van der Waals surface area contributed by atoms with Crippen molar-refractivity contribution >= 4 is 21.8 Å². The Morgan fingerprint density at radius 1 is 1.50 bits per heavy atom. The van der Waals surface area contributed by atoms with Crippen molar-refractivity contribution in [1.29, 1.82) is 0 Å². The molecule has 0 radical (unpaired) electrons. The zero-order valence-corrected chi connectivity index (χ0v) is 10.4. The molecule has 1 fully saturated rings. The van der Waals surface area contributed by atoms with E-state index in [1.807, 2.05) is 6.07 Å². The Bertz CT molecular complexity index is 350. The number of hydrogen-bond acceptors (Lipinski definition) is 3. The van der Waals surface area contributed by atoms with Gasteiger partial charge in [0.15, 0.2) is 0 Å². The Hall–Kier alpha value is -0.940. The molecule has 0 aromatic carbocycles. The number of piperidine rings is 1. The van der Waals surface area contributed by atoms with Gasteiger partial charge in [-0.05, 0) is 25.0 Å². The average molecular weight is 284 g/mol. The highest BCUT2D eigenvalue weighted by atomic mass is 79.9. The van der Waals surface area contributed by atoms with Gasteiger partial charge in [0.2, 0.25) is 0 Å². The fourth-order valence-corrected chi connectivity index (χ4v) is 2.15. The number of amides is 1. The number of nitrogens with one attached hydrogen (secondary N) is 2. The molecule has 1 saturated heterocycles. The van der Waals surface area contributed by atoms with Crippen molar-refractivity contribution in [2.24, 2.45) is 0 Å². The summed E-state index contributed by atoms with van der Waals surface area (Å²) in [5, 5.41) is 6.24. The fraction of sp³-hybridized carbons (Fsp3) is 0.455. The Labute approximate surface area is 103 Å². The van der Waals surface area contributed by atoms with Gasteiger partial charge in [-0.1, -0.05) is 22.0 Å². The minimum Gasteiger partial charge on any atom is -0.347 e. The summed E-state index contributed by atoms with van der Waals surface area (Å²) in [4.78, 5) is 16.2. The molecule has 2 heterocycles. The minimum atomic E-state index is -0.0968. The highest BCUT2D eigenvalue weighted by molar-refractivity contribution is 9.09. The van der Waals surface area contributed by atoms with Crippen molar-refractivity contribution in [3.63, 3.8) is 0 Å². The predicted molar refractivity (Wildman–Crippen MR) is 65.4 cm³/mol. The molecule has 0 saturated carbocycles. The number of rotatable bonds is 2. The first kappa shape index (κ1) is 11.5. The molecule has 0 spiro atoms. The molecular formula is C11H14BrN3O. The number of halogens is 1. The lowest BCUT2D eigenvalue weighted by Gasteiger charge is -2.27. The second-order valence-corrected chi connectivity index (χ2v) is 4.94. The summed E-state index contributed by atoms with van der Waals surface area (Å²) in [5.74, 6) is -0.0968. The molecule has 0 aliphatic carbocycles. The van der Waals surface area contributed by atoms with Gasteiger partial charge in [-0.3, -0.25) is 9.78 Å². The monoisotopic (exact) mass is 283 g/mol. The van der Waals surface area contributed by atoms with Crippen LogP contribution in [0.2, 0.25) is 0 Å². The van der Waals surface area contributed by atoms with Crippen LogP contribution in [0, 0.1) is 0 Å². The number of pyridine rings is 1. The molecule has 16 heavy (non-hydrogen) atoms. The van der Waals surface area contributed by atoms with Crippen molar-refractivity contribution in [3.05, 3.63) is 30.1 Å². The maximum atomic E-state index is 11.8. The van der Waals surface area contributed by atoms with Gasteiger partial charge in [0.25, 0.3) is 5.91 Å². The van der Waals surface area contributed by atoms with E-state index in [1.165, 1.54) is 0 Å². The van der Waals surface area contributed by atoms with Gasteiger partial charge in [0.1, 0.15) is 5.69 Å². The molecule has 2 atom stereocenters. The number of alkyl halides is 1. The largest absolute Gasteiger partial charge is 0.347 e. The number of aromatic nitrogens is 1. The third-order valence-corrected chi connectivity index (χ3v) is 3.37. The molecule has 2 N–H and O–H groups in total. The van der Waals surface area contributed by atoms with Crippen molar-refractivity contribution in [2.45, 2.75) is 23.8 Å². The van der Waals surface area contributed by atoms with Crippen LogP contribution in [0.4, 0.5) is 0 Å². The molecule has 2 rings (SSSR count). The topological polar surface area (TPSA) is 54.0 Å². The molecule has 86 valence electrons. The highest BCUT2D eigenvalue weighted by Gasteiger charge is 2.20. The quantitative estimate of drug-likeness (QED) is 0.635. The highest BCUT2D eigenvalue weighted by Crippen LogP contribution is 2.12. The van der Waals surface area contributed by atoms with Crippen LogP contribution in [0.15, 0.2) is 24.4 Å². The maximum absolute atomic E-state index is 11.8. The van der Waals surface area contributed by atoms with E-state index < -0.39 is 0 Å². The SMILES string of the molecule is O=C(N[C@@H]1CCC(Br)NC1)c1ccccn1. The summed E-state index contributed by atoms with van der Waals surface area (Å²) < 4.78 is 0. The minimum absolute atomic E-state index is 0.0968. The Morgan fingerprint density at radius 3 is 3.00 bits per heavy atom. The normalized spacial score (nSPS) is 25.1. The van der Waals surface area contributed by atoms with Crippen LogP contribution < -0.4 is 10.6 Å². The molecule has 1 amide bonds. The van der Waals surface area contributed by atoms with Crippen LogP contribution in [0.25, 0.3) is 0 Å². The first-order chi connectivity index (χ1) is 7.75. The van der Waals surface area contributed by atoms with Crippen LogP contribution >= 0.6 is 15.9 Å². The third-order valence-electron chi connectivity index (χ3n) is 2.59. The molecule has 1 aliphatic rings. The Morgan fingerprint density at radius 2 is 2.38 bits per heavy atom. The summed E-state index contributed by atoms with van der Waals surface area (Å²) >= 11 is 3.49. The number of hydrogen-bond donors (Lipinski definition) is 2. The second-order valence-electron chi connectivity index (χ2n) is 3.84. The van der Waals surface area contributed by atoms with Crippen molar-refractivity contribution < 1.29 is 4.79 Å². The molecule has 5 heteroatoms. The first-order valence-electron chi connectivity index (χ1n) is 5.35. The lowest BCUT2D eigenvalue weighted by Crippen LogP contribution is -2.48. The third kappa shape index (κ3) is 3.02. The van der Waals surface area contributed by atoms with E-state index >= 15 is 0 Å². The molecule has 4 nitrogen and oxygen atoms in total. The fourth-order valence-electron chi connectivity index (χ4n) is 1.70. The van der Waals surface area contributed by atoms with Gasteiger partial charge in [-0.2, -0.15) is 0 Å². The zero-order chi connectivity index (χ0) is 11.4. The Kier molecular flexibility index (Phi) is 3.90. The number of carbonyl (C=O) groups is 1. The molecule has 1 aromatic rings. The average Bonchev–Trinajstić information content (AvgIpc) is 2.33. The van der Waals surface area contributed by atoms with Gasteiger partial charge in [0, 0.05) is 18.8 Å². The van der Waals surface area contributed by atoms with Gasteiger partial charge in [0.05, 0.1) is 4.95 Å². The standard InChI is InChI=1S/C11H14BrN3O/c12-10-5-4-8(7-14-10)15-11(16)9-3-1-2-6-13-9/h1-3,6,8,10,14H,4-5,7H2,(H,15,16)/t8-,10?/m1/s1.